The fourth-order valence-corrected chi connectivity index (χ4v) is 1.83. The first-order valence-electron chi connectivity index (χ1n) is 4.10. The van der Waals surface area contributed by atoms with E-state index < -0.39 is 17.9 Å². The Morgan fingerprint density at radius 1 is 1.50 bits per heavy atom. The second-order valence-corrected chi connectivity index (χ2v) is 4.52. The number of carbonyl (C=O) groups excluding carboxylic acids is 1. The summed E-state index contributed by atoms with van der Waals surface area (Å²) in [4.78, 5) is 24.7. The van der Waals surface area contributed by atoms with Crippen molar-refractivity contribution < 1.29 is 14.7 Å². The lowest BCUT2D eigenvalue weighted by Crippen LogP contribution is -2.38. The van der Waals surface area contributed by atoms with Crippen LogP contribution in [0.15, 0.2) is 4.47 Å². The number of H-pyrrole nitrogens is 1. The monoisotopic (exact) mass is 328 g/mol. The molecular formula is C8H7BrCl2N2O3. The van der Waals surface area contributed by atoms with Gasteiger partial charge < -0.3 is 15.4 Å². The van der Waals surface area contributed by atoms with Crippen molar-refractivity contribution >= 4 is 51.0 Å². The lowest BCUT2D eigenvalue weighted by molar-refractivity contribution is -0.138. The molecule has 1 heterocycles. The van der Waals surface area contributed by atoms with Gasteiger partial charge >= 0.3 is 5.97 Å². The molecular weight excluding hydrogens is 323 g/mol. The Labute approximate surface area is 109 Å². The first kappa shape index (κ1) is 13.3. The molecule has 16 heavy (non-hydrogen) atoms. The Kier molecular flexibility index (Phi) is 4.23. The van der Waals surface area contributed by atoms with E-state index >= 15 is 0 Å². The van der Waals surface area contributed by atoms with E-state index in [1.54, 1.807) is 0 Å². The molecule has 88 valence electrons. The van der Waals surface area contributed by atoms with Gasteiger partial charge in [0.2, 0.25) is 0 Å². The number of rotatable bonds is 3. The van der Waals surface area contributed by atoms with Crippen molar-refractivity contribution in [3.8, 4) is 0 Å². The van der Waals surface area contributed by atoms with E-state index in [0.717, 1.165) is 0 Å². The molecule has 1 atom stereocenters. The van der Waals surface area contributed by atoms with E-state index in [9.17, 15) is 9.59 Å². The normalized spacial score (nSPS) is 12.2. The third-order valence-electron chi connectivity index (χ3n) is 1.78. The largest absolute Gasteiger partial charge is 0.480 e. The molecule has 0 spiro atoms. The molecule has 1 rings (SSSR count). The van der Waals surface area contributed by atoms with Crippen LogP contribution in [0.3, 0.4) is 0 Å². The summed E-state index contributed by atoms with van der Waals surface area (Å²) < 4.78 is 0.300. The van der Waals surface area contributed by atoms with Crippen LogP contribution in [0.4, 0.5) is 0 Å². The van der Waals surface area contributed by atoms with Crippen molar-refractivity contribution in [3.63, 3.8) is 0 Å². The van der Waals surface area contributed by atoms with E-state index in [-0.39, 0.29) is 15.9 Å². The fourth-order valence-electron chi connectivity index (χ4n) is 0.913. The molecule has 0 radical (unpaired) electrons. The number of amides is 1. The van der Waals surface area contributed by atoms with Gasteiger partial charge in [-0.25, -0.2) is 0 Å². The molecule has 1 aromatic rings. The van der Waals surface area contributed by atoms with E-state index in [1.807, 2.05) is 0 Å². The fraction of sp³-hybridized carbons (Fsp3) is 0.250. The van der Waals surface area contributed by atoms with Crippen molar-refractivity contribution in [1.29, 1.82) is 0 Å². The molecule has 5 nitrogen and oxygen atoms in total. The molecule has 0 aliphatic carbocycles. The smallest absolute Gasteiger partial charge is 0.325 e. The number of hydrogen-bond acceptors (Lipinski definition) is 2. The maximum atomic E-state index is 11.6. The van der Waals surface area contributed by atoms with Gasteiger partial charge in [0.05, 0.1) is 9.50 Å². The Morgan fingerprint density at radius 3 is 2.44 bits per heavy atom. The molecule has 0 saturated heterocycles. The number of halogens is 3. The van der Waals surface area contributed by atoms with Crippen LogP contribution in [-0.4, -0.2) is 28.0 Å². The van der Waals surface area contributed by atoms with Gasteiger partial charge in [-0.05, 0) is 22.9 Å². The highest BCUT2D eigenvalue weighted by Gasteiger charge is 2.21. The number of nitrogens with one attached hydrogen (secondary N) is 2. The van der Waals surface area contributed by atoms with E-state index in [4.69, 9.17) is 28.3 Å². The van der Waals surface area contributed by atoms with Gasteiger partial charge in [0.1, 0.15) is 16.9 Å². The van der Waals surface area contributed by atoms with Crippen LogP contribution in [0.1, 0.15) is 17.4 Å². The summed E-state index contributed by atoms with van der Waals surface area (Å²) in [5.41, 5.74) is 0.0862. The van der Waals surface area contributed by atoms with Crippen molar-refractivity contribution in [1.82, 2.24) is 10.3 Å². The summed E-state index contributed by atoms with van der Waals surface area (Å²) in [6.45, 7) is 1.35. The highest BCUT2D eigenvalue weighted by Crippen LogP contribution is 2.32. The summed E-state index contributed by atoms with van der Waals surface area (Å²) in [5, 5.41) is 11.2. The zero-order valence-electron chi connectivity index (χ0n) is 7.97. The molecule has 0 aliphatic rings. The average Bonchev–Trinajstić information content (AvgIpc) is 2.45. The van der Waals surface area contributed by atoms with Crippen LogP contribution in [0.25, 0.3) is 0 Å². The van der Waals surface area contributed by atoms with Crippen LogP contribution < -0.4 is 5.32 Å². The van der Waals surface area contributed by atoms with Gasteiger partial charge in [0, 0.05) is 0 Å². The number of aromatic nitrogens is 1. The molecule has 3 N–H and O–H groups in total. The molecule has 0 aromatic carbocycles. The third-order valence-corrected chi connectivity index (χ3v) is 3.56. The molecule has 0 saturated carbocycles. The van der Waals surface area contributed by atoms with Crippen LogP contribution in [0.5, 0.6) is 0 Å². The molecule has 0 aliphatic heterocycles. The molecule has 0 bridgehead atoms. The van der Waals surface area contributed by atoms with Crippen LogP contribution in [0.2, 0.25) is 10.2 Å². The summed E-state index contributed by atoms with van der Waals surface area (Å²) in [6.07, 6.45) is 0. The molecule has 0 fully saturated rings. The number of carbonyl (C=O) groups is 2. The first-order chi connectivity index (χ1) is 7.34. The molecule has 1 amide bonds. The number of carboxylic acid groups (broad SMARTS) is 1. The predicted octanol–water partition coefficient (Wildman–Crippen LogP) is 2.29. The van der Waals surface area contributed by atoms with E-state index in [1.165, 1.54) is 6.92 Å². The topological polar surface area (TPSA) is 82.2 Å². The van der Waals surface area contributed by atoms with Crippen molar-refractivity contribution in [2.24, 2.45) is 0 Å². The van der Waals surface area contributed by atoms with Gasteiger partial charge in [-0.2, -0.15) is 0 Å². The number of hydrogen-bond donors (Lipinski definition) is 3. The molecule has 0 unspecified atom stereocenters. The number of aromatic amines is 1. The summed E-state index contributed by atoms with van der Waals surface area (Å²) >= 11 is 14.5. The third kappa shape index (κ3) is 2.69. The highest BCUT2D eigenvalue weighted by atomic mass is 79.9. The number of carboxylic acids is 1. The summed E-state index contributed by atoms with van der Waals surface area (Å²) in [6, 6.07) is -1.000. The molecule has 1 aromatic heterocycles. The van der Waals surface area contributed by atoms with Gasteiger partial charge in [-0.3, -0.25) is 9.59 Å². The Hall–Kier alpha value is -0.720. The lowest BCUT2D eigenvalue weighted by Gasteiger charge is -2.08. The lowest BCUT2D eigenvalue weighted by atomic mass is 10.3. The Balaban J connectivity index is 2.89. The minimum absolute atomic E-state index is 0.0862. The van der Waals surface area contributed by atoms with Crippen LogP contribution in [0, 0.1) is 0 Å². The van der Waals surface area contributed by atoms with Crippen molar-refractivity contribution in [2.45, 2.75) is 13.0 Å². The van der Waals surface area contributed by atoms with E-state index in [0.29, 0.717) is 4.47 Å². The average molecular weight is 330 g/mol. The van der Waals surface area contributed by atoms with Crippen molar-refractivity contribution in [3.05, 3.63) is 20.3 Å². The maximum Gasteiger partial charge on any atom is 0.325 e. The zero-order valence-corrected chi connectivity index (χ0v) is 11.1. The van der Waals surface area contributed by atoms with Gasteiger partial charge in [0.25, 0.3) is 5.91 Å². The van der Waals surface area contributed by atoms with Gasteiger partial charge in [-0.15, -0.1) is 0 Å². The SMILES string of the molecule is C[C@@H](NC(=O)c1[nH]c(Cl)c(Cl)c1Br)C(=O)O. The quantitative estimate of drug-likeness (QED) is 0.795. The second kappa shape index (κ2) is 5.07. The van der Waals surface area contributed by atoms with Gasteiger partial charge in [0.15, 0.2) is 0 Å². The van der Waals surface area contributed by atoms with Crippen LogP contribution >= 0.6 is 39.1 Å². The summed E-state index contributed by atoms with van der Waals surface area (Å²) in [7, 11) is 0. The van der Waals surface area contributed by atoms with Gasteiger partial charge in [-0.1, -0.05) is 23.2 Å². The van der Waals surface area contributed by atoms with Crippen molar-refractivity contribution in [2.75, 3.05) is 0 Å². The minimum Gasteiger partial charge on any atom is -0.480 e. The Bertz CT molecular complexity index is 447. The summed E-state index contributed by atoms with van der Waals surface area (Å²) in [5.74, 6) is -1.73. The Morgan fingerprint density at radius 2 is 2.06 bits per heavy atom. The predicted molar refractivity (Wildman–Crippen MR) is 63.1 cm³/mol. The molecule has 8 heteroatoms. The maximum absolute atomic E-state index is 11.6. The zero-order chi connectivity index (χ0) is 12.5. The number of aliphatic carboxylic acids is 1. The highest BCUT2D eigenvalue weighted by molar-refractivity contribution is 9.10. The second-order valence-electron chi connectivity index (χ2n) is 2.98. The first-order valence-corrected chi connectivity index (χ1v) is 5.65. The standard InChI is InChI=1S/C8H7BrCl2N2O3/c1-2(8(15)16)12-7(14)5-3(9)4(10)6(11)13-5/h2,13H,1H3,(H,12,14)(H,15,16)/t2-/m1/s1. The van der Waals surface area contributed by atoms with Crippen LogP contribution in [-0.2, 0) is 4.79 Å². The minimum atomic E-state index is -1.13. The van der Waals surface area contributed by atoms with E-state index in [2.05, 4.69) is 26.2 Å².